The third kappa shape index (κ3) is 2.73. The van der Waals surface area contributed by atoms with Gasteiger partial charge in [-0.05, 0) is 19.1 Å². The van der Waals surface area contributed by atoms with Crippen LogP contribution in [0.15, 0.2) is 28.2 Å². The Morgan fingerprint density at radius 3 is 2.79 bits per heavy atom. The molecule has 1 aliphatic heterocycles. The zero-order chi connectivity index (χ0) is 14.0. The predicted molar refractivity (Wildman–Crippen MR) is 72.3 cm³/mol. The second kappa shape index (κ2) is 4.84. The van der Waals surface area contributed by atoms with Crippen molar-refractivity contribution in [1.82, 2.24) is 0 Å². The third-order valence-electron chi connectivity index (χ3n) is 2.40. The maximum absolute atomic E-state index is 11.6. The first-order chi connectivity index (χ1) is 8.97. The quantitative estimate of drug-likeness (QED) is 0.403. The first kappa shape index (κ1) is 12.7. The zero-order valence-corrected chi connectivity index (χ0v) is 10.3. The van der Waals surface area contributed by atoms with E-state index in [1.54, 1.807) is 25.1 Å². The molecule has 0 aromatic heterocycles. The minimum atomic E-state index is -0.554. The average molecular weight is 262 g/mol. The fraction of sp³-hybridized carbons (Fsp3) is 0.182. The maximum Gasteiger partial charge on any atom is 0.265 e. The van der Waals surface area contributed by atoms with Crippen LogP contribution in [0.4, 0.5) is 11.4 Å². The van der Waals surface area contributed by atoms with Crippen LogP contribution in [-0.4, -0.2) is 23.9 Å². The highest BCUT2D eigenvalue weighted by atomic mass is 16.5. The van der Waals surface area contributed by atoms with E-state index < -0.39 is 6.10 Å². The molecule has 1 aliphatic rings. The van der Waals surface area contributed by atoms with Crippen molar-refractivity contribution in [2.75, 3.05) is 5.32 Å². The number of ether oxygens (including phenoxy) is 1. The van der Waals surface area contributed by atoms with Crippen molar-refractivity contribution in [3.63, 3.8) is 0 Å². The van der Waals surface area contributed by atoms with Gasteiger partial charge in [0.2, 0.25) is 5.96 Å². The van der Waals surface area contributed by atoms with Crippen LogP contribution >= 0.6 is 0 Å². The minimum absolute atomic E-state index is 0.110. The van der Waals surface area contributed by atoms with Gasteiger partial charge in [0.15, 0.2) is 12.1 Å². The molecule has 2 rings (SSSR count). The maximum atomic E-state index is 11.6. The molecule has 0 radical (unpaired) electrons. The van der Waals surface area contributed by atoms with E-state index in [0.717, 1.165) is 0 Å². The highest BCUT2D eigenvalue weighted by molar-refractivity contribution is 6.02. The Morgan fingerprint density at radius 2 is 2.11 bits per heavy atom. The Balaban J connectivity index is 2.42. The Hall–Kier alpha value is -2.77. The second-order valence-corrected chi connectivity index (χ2v) is 3.91. The van der Waals surface area contributed by atoms with E-state index in [-0.39, 0.29) is 17.8 Å². The number of carbonyl (C=O) groups excluding carboxylic acids is 1. The number of aliphatic imine (C=N–C) groups is 2. The summed E-state index contributed by atoms with van der Waals surface area (Å²) < 4.78 is 5.44. The van der Waals surface area contributed by atoms with E-state index in [9.17, 15) is 4.79 Å². The lowest BCUT2D eigenvalue weighted by Crippen LogP contribution is -2.34. The second-order valence-electron chi connectivity index (χ2n) is 3.91. The fourth-order valence-electron chi connectivity index (χ4n) is 1.59. The number of hydrogen-bond acceptors (Lipinski definition) is 3. The lowest BCUT2D eigenvalue weighted by Gasteiger charge is -2.24. The van der Waals surface area contributed by atoms with E-state index >= 15 is 0 Å². The molecule has 1 amide bonds. The molecule has 8 nitrogen and oxygen atoms in total. The molecule has 1 aromatic rings. The summed E-state index contributed by atoms with van der Waals surface area (Å²) in [4.78, 5) is 19.2. The van der Waals surface area contributed by atoms with Crippen LogP contribution < -0.4 is 27.3 Å². The number of rotatable bonds is 1. The molecule has 19 heavy (non-hydrogen) atoms. The number of anilines is 1. The number of guanidine groups is 2. The molecule has 1 heterocycles. The summed E-state index contributed by atoms with van der Waals surface area (Å²) in [7, 11) is 0. The van der Waals surface area contributed by atoms with Gasteiger partial charge in [-0.1, -0.05) is 6.07 Å². The number of nitrogens with two attached hydrogens (primary N) is 3. The minimum Gasteiger partial charge on any atom is -0.479 e. The molecular weight excluding hydrogens is 248 g/mol. The highest BCUT2D eigenvalue weighted by Crippen LogP contribution is 2.37. The van der Waals surface area contributed by atoms with Crippen LogP contribution in [0, 0.1) is 0 Å². The van der Waals surface area contributed by atoms with Crippen molar-refractivity contribution >= 4 is 29.2 Å². The largest absolute Gasteiger partial charge is 0.479 e. The average Bonchev–Trinajstić information content (AvgIpc) is 2.30. The van der Waals surface area contributed by atoms with E-state index in [4.69, 9.17) is 21.9 Å². The highest BCUT2D eigenvalue weighted by Gasteiger charge is 2.25. The number of fused-ring (bicyclic) bond motifs is 1. The zero-order valence-electron chi connectivity index (χ0n) is 10.3. The predicted octanol–water partition coefficient (Wildman–Crippen LogP) is -0.374. The number of amides is 1. The van der Waals surface area contributed by atoms with Crippen molar-refractivity contribution < 1.29 is 9.53 Å². The van der Waals surface area contributed by atoms with Gasteiger partial charge in [0, 0.05) is 0 Å². The van der Waals surface area contributed by atoms with E-state index in [0.29, 0.717) is 17.1 Å². The van der Waals surface area contributed by atoms with Gasteiger partial charge in [-0.15, -0.1) is 0 Å². The molecule has 1 atom stereocenters. The van der Waals surface area contributed by atoms with Crippen LogP contribution in [0.3, 0.4) is 0 Å². The van der Waals surface area contributed by atoms with Crippen molar-refractivity contribution in [2.45, 2.75) is 13.0 Å². The van der Waals surface area contributed by atoms with Crippen molar-refractivity contribution in [2.24, 2.45) is 27.2 Å². The molecule has 0 fully saturated rings. The summed E-state index contributed by atoms with van der Waals surface area (Å²) in [5.74, 6) is -0.0392. The van der Waals surface area contributed by atoms with Crippen LogP contribution in [0.1, 0.15) is 6.92 Å². The van der Waals surface area contributed by atoms with Crippen molar-refractivity contribution in [3.8, 4) is 5.75 Å². The van der Waals surface area contributed by atoms with Crippen molar-refractivity contribution in [1.29, 1.82) is 0 Å². The van der Waals surface area contributed by atoms with Crippen LogP contribution in [0.5, 0.6) is 5.75 Å². The molecule has 0 saturated heterocycles. The number of hydrogen-bond donors (Lipinski definition) is 4. The van der Waals surface area contributed by atoms with Crippen LogP contribution in [0.2, 0.25) is 0 Å². The number of nitrogens with zero attached hydrogens (tertiary/aromatic N) is 2. The van der Waals surface area contributed by atoms with Gasteiger partial charge in [0.1, 0.15) is 11.4 Å². The Kier molecular flexibility index (Phi) is 3.23. The molecule has 8 heteroatoms. The third-order valence-corrected chi connectivity index (χ3v) is 2.40. The molecule has 7 N–H and O–H groups in total. The Bertz CT molecular complexity index is 577. The van der Waals surface area contributed by atoms with Crippen LogP contribution in [-0.2, 0) is 4.79 Å². The topological polar surface area (TPSA) is 141 Å². The molecule has 100 valence electrons. The standard InChI is InChI=1S/C11H14N6O2/c1-5-9(18)16-8-6(3-2-4-7(8)19-5)15-11(14)17-10(12)13/h2-5H,1H3,(H,16,18)(H6,12,13,14,15,17). The molecule has 1 aromatic carbocycles. The first-order valence-electron chi connectivity index (χ1n) is 5.51. The molecule has 1 unspecified atom stereocenters. The lowest BCUT2D eigenvalue weighted by atomic mass is 10.2. The van der Waals surface area contributed by atoms with Gasteiger partial charge in [0.05, 0.1) is 5.69 Å². The summed E-state index contributed by atoms with van der Waals surface area (Å²) in [6.45, 7) is 1.65. The SMILES string of the molecule is CC1Oc2cccc(N=C(N)N=C(N)N)c2NC1=O. The summed E-state index contributed by atoms with van der Waals surface area (Å²) in [5, 5.41) is 2.70. The normalized spacial score (nSPS) is 18.1. The van der Waals surface area contributed by atoms with Crippen molar-refractivity contribution in [3.05, 3.63) is 18.2 Å². The lowest BCUT2D eigenvalue weighted by molar-refractivity contribution is -0.122. The van der Waals surface area contributed by atoms with Gasteiger partial charge in [0.25, 0.3) is 5.91 Å². The number of nitrogens with one attached hydrogen (secondary N) is 1. The van der Waals surface area contributed by atoms with E-state index in [1.165, 1.54) is 0 Å². The number of benzene rings is 1. The summed E-state index contributed by atoms with van der Waals surface area (Å²) in [6.07, 6.45) is -0.554. The molecule has 0 spiro atoms. The monoisotopic (exact) mass is 262 g/mol. The summed E-state index contributed by atoms with van der Waals surface area (Å²) >= 11 is 0. The van der Waals surface area contributed by atoms with Gasteiger partial charge < -0.3 is 27.3 Å². The number of carbonyl (C=O) groups is 1. The van der Waals surface area contributed by atoms with E-state index in [1.807, 2.05) is 0 Å². The number of para-hydroxylation sites is 1. The Morgan fingerprint density at radius 1 is 1.37 bits per heavy atom. The van der Waals surface area contributed by atoms with Gasteiger partial charge in [-0.3, -0.25) is 4.79 Å². The smallest absolute Gasteiger partial charge is 0.265 e. The van der Waals surface area contributed by atoms with Crippen LogP contribution in [0.25, 0.3) is 0 Å². The molecular formula is C11H14N6O2. The van der Waals surface area contributed by atoms with E-state index in [2.05, 4.69) is 15.3 Å². The van der Waals surface area contributed by atoms with Gasteiger partial charge in [-0.2, -0.15) is 4.99 Å². The molecule has 0 aliphatic carbocycles. The molecule has 0 bridgehead atoms. The van der Waals surface area contributed by atoms with Gasteiger partial charge in [-0.25, -0.2) is 4.99 Å². The summed E-state index contributed by atoms with van der Waals surface area (Å²) in [6, 6.07) is 5.11. The Labute approximate surface area is 109 Å². The first-order valence-corrected chi connectivity index (χ1v) is 5.51. The summed E-state index contributed by atoms with van der Waals surface area (Å²) in [5.41, 5.74) is 16.8. The molecule has 0 saturated carbocycles. The van der Waals surface area contributed by atoms with Gasteiger partial charge >= 0.3 is 0 Å². The fourth-order valence-corrected chi connectivity index (χ4v) is 1.59.